The van der Waals surface area contributed by atoms with Crippen molar-refractivity contribution in [3.05, 3.63) is 59.4 Å². The summed E-state index contributed by atoms with van der Waals surface area (Å²) in [5.74, 6) is 0.239. The number of imidazole rings is 1. The summed E-state index contributed by atoms with van der Waals surface area (Å²) in [7, 11) is 0. The Labute approximate surface area is 157 Å². The molecule has 3 N–H and O–H groups in total. The van der Waals surface area contributed by atoms with Crippen LogP contribution in [0.25, 0.3) is 5.69 Å². The van der Waals surface area contributed by atoms with Crippen LogP contribution in [0.4, 0.5) is 11.6 Å². The van der Waals surface area contributed by atoms with Gasteiger partial charge in [-0.1, -0.05) is 0 Å². The molecule has 1 unspecified atom stereocenters. The second-order valence-electron chi connectivity index (χ2n) is 6.96. The van der Waals surface area contributed by atoms with Gasteiger partial charge in [0, 0.05) is 34.9 Å². The van der Waals surface area contributed by atoms with Gasteiger partial charge in [-0.3, -0.25) is 4.79 Å². The number of hydrogen-bond acceptors (Lipinski definition) is 5. The Balaban J connectivity index is 1.44. The van der Waals surface area contributed by atoms with Crippen LogP contribution >= 0.6 is 0 Å². The van der Waals surface area contributed by atoms with E-state index in [9.17, 15) is 4.79 Å². The van der Waals surface area contributed by atoms with E-state index >= 15 is 0 Å². The number of fused-ring (bicyclic) bond motifs is 1. The summed E-state index contributed by atoms with van der Waals surface area (Å²) in [5, 5.41) is 3.02. The highest BCUT2D eigenvalue weighted by Gasteiger charge is 2.26. The van der Waals surface area contributed by atoms with Gasteiger partial charge in [-0.15, -0.1) is 0 Å². The molecule has 1 aliphatic carbocycles. The van der Waals surface area contributed by atoms with Gasteiger partial charge in [0.15, 0.2) is 0 Å². The molecule has 0 bridgehead atoms. The molecule has 0 aliphatic heterocycles. The predicted molar refractivity (Wildman–Crippen MR) is 104 cm³/mol. The Morgan fingerprint density at radius 3 is 2.70 bits per heavy atom. The molecule has 27 heavy (non-hydrogen) atoms. The first-order chi connectivity index (χ1) is 13.0. The Bertz CT molecular complexity index is 992. The monoisotopic (exact) mass is 362 g/mol. The summed E-state index contributed by atoms with van der Waals surface area (Å²) in [6.45, 7) is 4.03. The maximum absolute atomic E-state index is 12.7. The van der Waals surface area contributed by atoms with Gasteiger partial charge < -0.3 is 15.6 Å². The highest BCUT2D eigenvalue weighted by atomic mass is 16.1. The number of carbonyl (C=O) groups is 1. The molecule has 0 fully saturated rings. The summed E-state index contributed by atoms with van der Waals surface area (Å²) in [5.41, 5.74) is 11.5. The summed E-state index contributed by atoms with van der Waals surface area (Å²) in [6.07, 6.45) is 5.71. The van der Waals surface area contributed by atoms with Crippen LogP contribution in [0.3, 0.4) is 0 Å². The smallest absolute Gasteiger partial charge is 0.227 e. The number of nitrogens with zero attached hydrogens (tertiary/aromatic N) is 4. The lowest BCUT2D eigenvalue weighted by Crippen LogP contribution is -2.28. The molecule has 2 aromatic heterocycles. The van der Waals surface area contributed by atoms with Crippen molar-refractivity contribution in [1.82, 2.24) is 19.5 Å². The first-order valence-electron chi connectivity index (χ1n) is 9.03. The zero-order valence-electron chi connectivity index (χ0n) is 15.4. The van der Waals surface area contributed by atoms with Crippen molar-refractivity contribution in [3.63, 3.8) is 0 Å². The minimum absolute atomic E-state index is 0.0277. The van der Waals surface area contributed by atoms with E-state index in [4.69, 9.17) is 5.73 Å². The summed E-state index contributed by atoms with van der Waals surface area (Å²) < 4.78 is 2.03. The first kappa shape index (κ1) is 17.2. The Morgan fingerprint density at radius 1 is 1.22 bits per heavy atom. The quantitative estimate of drug-likeness (QED) is 0.746. The van der Waals surface area contributed by atoms with Gasteiger partial charge in [0.25, 0.3) is 0 Å². The van der Waals surface area contributed by atoms with E-state index in [1.54, 1.807) is 6.20 Å². The van der Waals surface area contributed by atoms with E-state index < -0.39 is 0 Å². The van der Waals surface area contributed by atoms with Crippen molar-refractivity contribution >= 4 is 17.5 Å². The maximum Gasteiger partial charge on any atom is 0.227 e. The SMILES string of the molecule is Cc1ncn(-c2ccc(NC(=O)C3CCc4nc(N)ncc4C3)cc2)c1C. The number of nitrogens with two attached hydrogens (primary N) is 1. The van der Waals surface area contributed by atoms with Gasteiger partial charge in [-0.25, -0.2) is 15.0 Å². The van der Waals surface area contributed by atoms with E-state index in [-0.39, 0.29) is 11.8 Å². The average Bonchev–Trinajstić information content (AvgIpc) is 3.01. The van der Waals surface area contributed by atoms with Crippen LogP contribution in [0.5, 0.6) is 0 Å². The zero-order valence-corrected chi connectivity index (χ0v) is 15.4. The fourth-order valence-electron chi connectivity index (χ4n) is 3.46. The Hall–Kier alpha value is -3.22. The van der Waals surface area contributed by atoms with E-state index in [0.29, 0.717) is 12.4 Å². The minimum Gasteiger partial charge on any atom is -0.368 e. The van der Waals surface area contributed by atoms with Gasteiger partial charge in [0.2, 0.25) is 11.9 Å². The first-order valence-corrected chi connectivity index (χ1v) is 9.03. The molecule has 7 nitrogen and oxygen atoms in total. The van der Waals surface area contributed by atoms with Gasteiger partial charge >= 0.3 is 0 Å². The lowest BCUT2D eigenvalue weighted by molar-refractivity contribution is -0.120. The molecule has 0 radical (unpaired) electrons. The van der Waals surface area contributed by atoms with E-state index in [0.717, 1.165) is 46.9 Å². The van der Waals surface area contributed by atoms with E-state index in [1.165, 1.54) is 0 Å². The molecule has 1 aromatic carbocycles. The summed E-state index contributed by atoms with van der Waals surface area (Å²) in [4.78, 5) is 25.3. The van der Waals surface area contributed by atoms with Crippen LogP contribution in [-0.4, -0.2) is 25.4 Å². The number of benzene rings is 1. The number of anilines is 2. The molecule has 1 amide bonds. The molecule has 0 saturated heterocycles. The van der Waals surface area contributed by atoms with Crippen LogP contribution in [-0.2, 0) is 17.6 Å². The highest BCUT2D eigenvalue weighted by Crippen LogP contribution is 2.25. The Kier molecular flexibility index (Phi) is 4.35. The largest absolute Gasteiger partial charge is 0.368 e. The number of nitrogen functional groups attached to an aromatic ring is 1. The van der Waals surface area contributed by atoms with Crippen molar-refractivity contribution in [2.45, 2.75) is 33.1 Å². The third-order valence-electron chi connectivity index (χ3n) is 5.20. The minimum atomic E-state index is -0.0806. The van der Waals surface area contributed by atoms with Crippen molar-refractivity contribution in [3.8, 4) is 5.69 Å². The molecule has 7 heteroatoms. The number of hydrogen-bond donors (Lipinski definition) is 2. The van der Waals surface area contributed by atoms with Gasteiger partial charge in [0.05, 0.1) is 12.0 Å². The molecule has 1 atom stereocenters. The van der Waals surface area contributed by atoms with Gasteiger partial charge in [-0.05, 0) is 62.9 Å². The number of amides is 1. The van der Waals surface area contributed by atoms with Gasteiger partial charge in [-0.2, -0.15) is 0 Å². The van der Waals surface area contributed by atoms with Crippen LogP contribution in [0.1, 0.15) is 29.1 Å². The van der Waals surface area contributed by atoms with Crippen LogP contribution in [0.15, 0.2) is 36.8 Å². The zero-order chi connectivity index (χ0) is 19.0. The third kappa shape index (κ3) is 3.40. The predicted octanol–water partition coefficient (Wildman–Crippen LogP) is 2.60. The molecular weight excluding hydrogens is 340 g/mol. The lowest BCUT2D eigenvalue weighted by Gasteiger charge is -2.23. The average molecular weight is 362 g/mol. The Morgan fingerprint density at radius 2 is 2.00 bits per heavy atom. The summed E-state index contributed by atoms with van der Waals surface area (Å²) >= 11 is 0. The molecular formula is C20H22N6O. The number of nitrogens with one attached hydrogen (secondary N) is 1. The topological polar surface area (TPSA) is 98.7 Å². The lowest BCUT2D eigenvalue weighted by atomic mass is 9.86. The van der Waals surface area contributed by atoms with Crippen molar-refractivity contribution in [1.29, 1.82) is 0 Å². The van der Waals surface area contributed by atoms with E-state index in [1.807, 2.05) is 49.0 Å². The molecule has 4 rings (SSSR count). The molecule has 2 heterocycles. The molecule has 3 aromatic rings. The van der Waals surface area contributed by atoms with Crippen LogP contribution < -0.4 is 11.1 Å². The highest BCUT2D eigenvalue weighted by molar-refractivity contribution is 5.93. The normalized spacial score (nSPS) is 16.0. The standard InChI is InChI=1S/C20H22N6O/c1-12-13(2)26(11-23-12)17-6-4-16(5-7-17)24-19(27)14-3-8-18-15(9-14)10-22-20(21)25-18/h4-7,10-11,14H,3,8-9H2,1-2H3,(H,24,27)(H2,21,22,25). The van der Waals surface area contributed by atoms with E-state index in [2.05, 4.69) is 20.3 Å². The fraction of sp³-hybridized carbons (Fsp3) is 0.300. The fourth-order valence-corrected chi connectivity index (χ4v) is 3.46. The van der Waals surface area contributed by atoms with Crippen molar-refractivity contribution < 1.29 is 4.79 Å². The van der Waals surface area contributed by atoms with Crippen LogP contribution in [0.2, 0.25) is 0 Å². The van der Waals surface area contributed by atoms with Crippen molar-refractivity contribution in [2.24, 2.45) is 5.92 Å². The summed E-state index contributed by atoms with van der Waals surface area (Å²) in [6, 6.07) is 7.80. The second kappa shape index (κ2) is 6.83. The molecule has 0 saturated carbocycles. The number of carbonyl (C=O) groups excluding carboxylic acids is 1. The van der Waals surface area contributed by atoms with Crippen LogP contribution in [0, 0.1) is 19.8 Å². The third-order valence-corrected chi connectivity index (χ3v) is 5.20. The number of aromatic nitrogens is 4. The molecule has 138 valence electrons. The number of rotatable bonds is 3. The molecule has 0 spiro atoms. The maximum atomic E-state index is 12.7. The van der Waals surface area contributed by atoms with Gasteiger partial charge in [0.1, 0.15) is 0 Å². The molecule has 1 aliphatic rings. The van der Waals surface area contributed by atoms with Crippen molar-refractivity contribution in [2.75, 3.05) is 11.1 Å². The second-order valence-corrected chi connectivity index (χ2v) is 6.96. The number of aryl methyl sites for hydroxylation is 2.